The van der Waals surface area contributed by atoms with E-state index in [4.69, 9.17) is 0 Å². The molecule has 1 amide bonds. The number of carbonyl (C=O) groups is 1. The van der Waals surface area contributed by atoms with Crippen LogP contribution in [0.15, 0.2) is 66.7 Å². The Morgan fingerprint density at radius 2 is 1.68 bits per heavy atom. The second-order valence-electron chi connectivity index (χ2n) is 8.66. The lowest BCUT2D eigenvalue weighted by molar-refractivity contribution is 0.0951. The molecule has 0 spiro atoms. The molecule has 0 saturated heterocycles. The Balaban J connectivity index is 1.60. The smallest absolute Gasteiger partial charge is 0.251 e. The third-order valence-electron chi connectivity index (χ3n) is 6.03. The molecule has 1 atom stereocenters. The SMILES string of the molecule is Cc1cc(C)cc(C(=O)NCC(c2ccc(N(C)C)cc2)N2CCc3ccccc32)c1. The average molecular weight is 414 g/mol. The summed E-state index contributed by atoms with van der Waals surface area (Å²) in [4.78, 5) is 17.5. The van der Waals surface area contributed by atoms with Gasteiger partial charge in [-0.1, -0.05) is 47.5 Å². The van der Waals surface area contributed by atoms with E-state index in [0.29, 0.717) is 6.54 Å². The van der Waals surface area contributed by atoms with Gasteiger partial charge in [0.1, 0.15) is 0 Å². The molecule has 1 aliphatic rings. The Bertz CT molecular complexity index is 1050. The maximum Gasteiger partial charge on any atom is 0.251 e. The molecule has 0 aliphatic carbocycles. The Labute approximate surface area is 185 Å². The number of hydrogen-bond acceptors (Lipinski definition) is 3. The zero-order valence-corrected chi connectivity index (χ0v) is 18.9. The van der Waals surface area contributed by atoms with Crippen molar-refractivity contribution in [2.45, 2.75) is 26.3 Å². The first-order valence-corrected chi connectivity index (χ1v) is 10.9. The highest BCUT2D eigenvalue weighted by Gasteiger charge is 2.27. The summed E-state index contributed by atoms with van der Waals surface area (Å²) in [6.07, 6.45) is 1.04. The predicted molar refractivity (Wildman–Crippen MR) is 129 cm³/mol. The fourth-order valence-electron chi connectivity index (χ4n) is 4.49. The molecule has 4 rings (SSSR count). The van der Waals surface area contributed by atoms with Crippen molar-refractivity contribution < 1.29 is 4.79 Å². The summed E-state index contributed by atoms with van der Waals surface area (Å²) >= 11 is 0. The van der Waals surface area contributed by atoms with Crippen LogP contribution in [0.5, 0.6) is 0 Å². The minimum atomic E-state index is -0.0193. The molecule has 1 heterocycles. The van der Waals surface area contributed by atoms with Crippen LogP contribution in [-0.2, 0) is 6.42 Å². The molecule has 4 heteroatoms. The second kappa shape index (κ2) is 8.84. The highest BCUT2D eigenvalue weighted by molar-refractivity contribution is 5.94. The van der Waals surface area contributed by atoms with Crippen molar-refractivity contribution in [3.63, 3.8) is 0 Å². The summed E-state index contributed by atoms with van der Waals surface area (Å²) in [7, 11) is 4.10. The van der Waals surface area contributed by atoms with Crippen LogP contribution < -0.4 is 15.1 Å². The van der Waals surface area contributed by atoms with E-state index in [9.17, 15) is 4.79 Å². The van der Waals surface area contributed by atoms with Crippen LogP contribution in [-0.4, -0.2) is 33.1 Å². The molecule has 3 aromatic carbocycles. The van der Waals surface area contributed by atoms with Gasteiger partial charge in [-0.05, 0) is 61.7 Å². The normalized spacial score (nSPS) is 13.6. The van der Waals surface area contributed by atoms with Crippen molar-refractivity contribution in [3.8, 4) is 0 Å². The van der Waals surface area contributed by atoms with Gasteiger partial charge in [-0.2, -0.15) is 0 Å². The van der Waals surface area contributed by atoms with Gasteiger partial charge in [-0.25, -0.2) is 0 Å². The van der Waals surface area contributed by atoms with Crippen molar-refractivity contribution >= 4 is 17.3 Å². The highest BCUT2D eigenvalue weighted by Crippen LogP contribution is 2.35. The number of benzene rings is 3. The molecule has 0 fully saturated rings. The lowest BCUT2D eigenvalue weighted by Crippen LogP contribution is -2.37. The Kier molecular flexibility index (Phi) is 5.99. The van der Waals surface area contributed by atoms with Crippen LogP contribution in [0.4, 0.5) is 11.4 Å². The van der Waals surface area contributed by atoms with E-state index < -0.39 is 0 Å². The quantitative estimate of drug-likeness (QED) is 0.624. The summed E-state index contributed by atoms with van der Waals surface area (Å²) in [5.74, 6) is -0.0193. The standard InChI is InChI=1S/C27H31N3O/c1-19-15-20(2)17-23(16-19)27(31)28-18-26(22-9-11-24(12-10-22)29(3)4)30-14-13-21-7-5-6-8-25(21)30/h5-12,15-17,26H,13-14,18H2,1-4H3,(H,28,31). The number of aryl methyl sites for hydroxylation is 2. The lowest BCUT2D eigenvalue weighted by Gasteiger charge is -2.31. The molecule has 0 radical (unpaired) electrons. The van der Waals surface area contributed by atoms with E-state index in [1.165, 1.54) is 22.5 Å². The molecule has 1 unspecified atom stereocenters. The second-order valence-corrected chi connectivity index (χ2v) is 8.66. The number of hydrogen-bond donors (Lipinski definition) is 1. The fourth-order valence-corrected chi connectivity index (χ4v) is 4.49. The molecule has 4 nitrogen and oxygen atoms in total. The molecule has 31 heavy (non-hydrogen) atoms. The van der Waals surface area contributed by atoms with Gasteiger partial charge in [0.25, 0.3) is 5.91 Å². The summed E-state index contributed by atoms with van der Waals surface area (Å²) in [6.45, 7) is 5.57. The van der Waals surface area contributed by atoms with Gasteiger partial charge in [0.05, 0.1) is 6.04 Å². The summed E-state index contributed by atoms with van der Waals surface area (Å²) in [6, 6.07) is 23.3. The largest absolute Gasteiger partial charge is 0.378 e. The molecule has 160 valence electrons. The van der Waals surface area contributed by atoms with Gasteiger partial charge >= 0.3 is 0 Å². The molecule has 0 saturated carbocycles. The molecule has 1 N–H and O–H groups in total. The average Bonchev–Trinajstić information content (AvgIpc) is 3.17. The van der Waals surface area contributed by atoms with Gasteiger partial charge in [-0.3, -0.25) is 4.79 Å². The molecule has 0 bridgehead atoms. The third kappa shape index (κ3) is 4.58. The van der Waals surface area contributed by atoms with Crippen LogP contribution in [0, 0.1) is 13.8 Å². The zero-order chi connectivity index (χ0) is 22.0. The fraction of sp³-hybridized carbons (Fsp3) is 0.296. The summed E-state index contributed by atoms with van der Waals surface area (Å²) < 4.78 is 0. The molecule has 1 aliphatic heterocycles. The molecule has 0 aromatic heterocycles. The monoisotopic (exact) mass is 413 g/mol. The van der Waals surface area contributed by atoms with Gasteiger partial charge in [0.15, 0.2) is 0 Å². The zero-order valence-electron chi connectivity index (χ0n) is 18.9. The number of fused-ring (bicyclic) bond motifs is 1. The van der Waals surface area contributed by atoms with Crippen molar-refractivity contribution in [3.05, 3.63) is 94.5 Å². The number of nitrogens with one attached hydrogen (secondary N) is 1. The number of anilines is 2. The topological polar surface area (TPSA) is 35.6 Å². The Morgan fingerprint density at radius 3 is 2.35 bits per heavy atom. The van der Waals surface area contributed by atoms with Crippen molar-refractivity contribution in [1.82, 2.24) is 5.32 Å². The molecular formula is C27H31N3O. The highest BCUT2D eigenvalue weighted by atomic mass is 16.1. The van der Waals surface area contributed by atoms with E-state index in [0.717, 1.165) is 29.7 Å². The maximum absolute atomic E-state index is 13.0. The van der Waals surface area contributed by atoms with Crippen molar-refractivity contribution in [1.29, 1.82) is 0 Å². The van der Waals surface area contributed by atoms with Crippen molar-refractivity contribution in [2.75, 3.05) is 37.0 Å². The van der Waals surface area contributed by atoms with Crippen LogP contribution in [0.25, 0.3) is 0 Å². The van der Waals surface area contributed by atoms with Gasteiger partial charge in [0.2, 0.25) is 0 Å². The van der Waals surface area contributed by atoms with Crippen molar-refractivity contribution in [2.24, 2.45) is 0 Å². The minimum absolute atomic E-state index is 0.0193. The first kappa shape index (κ1) is 21.0. The summed E-state index contributed by atoms with van der Waals surface area (Å²) in [5.41, 5.74) is 7.96. The van der Waals surface area contributed by atoms with E-state index in [-0.39, 0.29) is 11.9 Å². The van der Waals surface area contributed by atoms with E-state index in [2.05, 4.69) is 69.7 Å². The number of nitrogens with zero attached hydrogens (tertiary/aromatic N) is 2. The van der Waals surface area contributed by atoms with E-state index in [1.54, 1.807) is 0 Å². The van der Waals surface area contributed by atoms with Gasteiger partial charge < -0.3 is 15.1 Å². The number of para-hydroxylation sites is 1. The predicted octanol–water partition coefficient (Wildman–Crippen LogP) is 4.90. The van der Waals surface area contributed by atoms with E-state index in [1.807, 2.05) is 40.1 Å². The molecule has 3 aromatic rings. The number of amides is 1. The Hall–Kier alpha value is -3.27. The number of rotatable bonds is 6. The van der Waals surface area contributed by atoms with Gasteiger partial charge in [-0.15, -0.1) is 0 Å². The third-order valence-corrected chi connectivity index (χ3v) is 6.03. The molecular weight excluding hydrogens is 382 g/mol. The van der Waals surface area contributed by atoms with Gasteiger partial charge in [0, 0.05) is 44.1 Å². The van der Waals surface area contributed by atoms with Crippen LogP contribution >= 0.6 is 0 Å². The Morgan fingerprint density at radius 1 is 1.00 bits per heavy atom. The maximum atomic E-state index is 13.0. The lowest BCUT2D eigenvalue weighted by atomic mass is 10.0. The number of carbonyl (C=O) groups excluding carboxylic acids is 1. The first-order valence-electron chi connectivity index (χ1n) is 10.9. The summed E-state index contributed by atoms with van der Waals surface area (Å²) in [5, 5.41) is 3.21. The van der Waals surface area contributed by atoms with Crippen LogP contribution in [0.2, 0.25) is 0 Å². The first-order chi connectivity index (χ1) is 14.9. The van der Waals surface area contributed by atoms with Crippen LogP contribution in [0.3, 0.4) is 0 Å². The van der Waals surface area contributed by atoms with E-state index >= 15 is 0 Å². The van der Waals surface area contributed by atoms with Crippen LogP contribution in [0.1, 0.15) is 38.7 Å². The minimum Gasteiger partial charge on any atom is -0.378 e.